The summed E-state index contributed by atoms with van der Waals surface area (Å²) in [6.45, 7) is 0. The average Bonchev–Trinajstić information content (AvgIpc) is 2.67. The molecule has 2 aromatic heterocycles. The zero-order valence-corrected chi connectivity index (χ0v) is 7.53. The Labute approximate surface area is 80.3 Å². The second-order valence-electron chi connectivity index (χ2n) is 2.55. The first-order valence-electron chi connectivity index (χ1n) is 3.82. The van der Waals surface area contributed by atoms with Crippen molar-refractivity contribution in [3.63, 3.8) is 0 Å². The molecule has 0 aromatic carbocycles. The highest BCUT2D eigenvalue weighted by Crippen LogP contribution is 2.18. The van der Waals surface area contributed by atoms with Crippen molar-refractivity contribution >= 4 is 11.6 Å². The van der Waals surface area contributed by atoms with Gasteiger partial charge in [-0.1, -0.05) is 5.16 Å². The maximum Gasteiger partial charge on any atom is 0.152 e. The Morgan fingerprint density at radius 3 is 3.00 bits per heavy atom. The van der Waals surface area contributed by atoms with Crippen molar-refractivity contribution in [3.05, 3.63) is 36.4 Å². The van der Waals surface area contributed by atoms with Gasteiger partial charge in [-0.25, -0.2) is 0 Å². The Morgan fingerprint density at radius 1 is 1.46 bits per heavy atom. The summed E-state index contributed by atoms with van der Waals surface area (Å²) in [4.78, 5) is 3.98. The van der Waals surface area contributed by atoms with Crippen molar-refractivity contribution in [1.82, 2.24) is 10.1 Å². The number of hydrogen-bond acceptors (Lipinski definition) is 3. The molecule has 0 amide bonds. The molecule has 0 aliphatic heterocycles. The van der Waals surface area contributed by atoms with E-state index in [0.29, 0.717) is 11.6 Å². The molecule has 0 N–H and O–H groups in total. The lowest BCUT2D eigenvalue weighted by Crippen LogP contribution is -1.76. The number of nitrogens with zero attached hydrogens (tertiary/aromatic N) is 2. The van der Waals surface area contributed by atoms with Crippen molar-refractivity contribution in [1.29, 1.82) is 0 Å². The zero-order chi connectivity index (χ0) is 9.10. The van der Waals surface area contributed by atoms with Crippen LogP contribution < -0.4 is 0 Å². The van der Waals surface area contributed by atoms with Gasteiger partial charge < -0.3 is 4.52 Å². The SMILES string of the molecule is ClCc1cc(-c2cccnc2)no1. The van der Waals surface area contributed by atoms with Gasteiger partial charge in [-0.3, -0.25) is 4.98 Å². The molecule has 13 heavy (non-hydrogen) atoms. The monoisotopic (exact) mass is 194 g/mol. The molecule has 0 saturated carbocycles. The van der Waals surface area contributed by atoms with Crippen LogP contribution in [-0.2, 0) is 5.88 Å². The van der Waals surface area contributed by atoms with Crippen molar-refractivity contribution in [3.8, 4) is 11.3 Å². The van der Waals surface area contributed by atoms with Crippen molar-refractivity contribution in [2.45, 2.75) is 5.88 Å². The Morgan fingerprint density at radius 2 is 2.38 bits per heavy atom. The molecule has 0 aliphatic rings. The molecule has 3 nitrogen and oxygen atoms in total. The lowest BCUT2D eigenvalue weighted by molar-refractivity contribution is 0.396. The van der Waals surface area contributed by atoms with Gasteiger partial charge >= 0.3 is 0 Å². The largest absolute Gasteiger partial charge is 0.359 e. The molecule has 0 saturated heterocycles. The van der Waals surface area contributed by atoms with Crippen LogP contribution in [0.15, 0.2) is 35.1 Å². The third-order valence-corrected chi connectivity index (χ3v) is 1.91. The van der Waals surface area contributed by atoms with Crippen LogP contribution in [0.5, 0.6) is 0 Å². The third kappa shape index (κ3) is 1.70. The summed E-state index contributed by atoms with van der Waals surface area (Å²) < 4.78 is 4.96. The van der Waals surface area contributed by atoms with Crippen molar-refractivity contribution in [2.75, 3.05) is 0 Å². The van der Waals surface area contributed by atoms with Gasteiger partial charge in [-0.2, -0.15) is 0 Å². The normalized spacial score (nSPS) is 10.2. The molecule has 0 fully saturated rings. The first-order valence-corrected chi connectivity index (χ1v) is 4.35. The predicted molar refractivity (Wildman–Crippen MR) is 49.3 cm³/mol. The van der Waals surface area contributed by atoms with E-state index in [1.54, 1.807) is 12.4 Å². The van der Waals surface area contributed by atoms with Crippen LogP contribution in [0.1, 0.15) is 5.76 Å². The maximum absolute atomic E-state index is 5.58. The van der Waals surface area contributed by atoms with Crippen LogP contribution in [0.3, 0.4) is 0 Å². The summed E-state index contributed by atoms with van der Waals surface area (Å²) >= 11 is 5.58. The molecule has 0 aliphatic carbocycles. The van der Waals surface area contributed by atoms with E-state index in [-0.39, 0.29) is 0 Å². The summed E-state index contributed by atoms with van der Waals surface area (Å²) in [5.74, 6) is 1.01. The van der Waals surface area contributed by atoms with E-state index in [1.165, 1.54) is 0 Å². The second-order valence-corrected chi connectivity index (χ2v) is 2.82. The molecule has 0 spiro atoms. The number of pyridine rings is 1. The number of hydrogen-bond donors (Lipinski definition) is 0. The topological polar surface area (TPSA) is 38.9 Å². The smallest absolute Gasteiger partial charge is 0.152 e. The van der Waals surface area contributed by atoms with E-state index in [1.807, 2.05) is 18.2 Å². The lowest BCUT2D eigenvalue weighted by Gasteiger charge is -1.90. The molecule has 2 aromatic rings. The molecule has 0 radical (unpaired) electrons. The molecule has 2 heterocycles. The Hall–Kier alpha value is -1.35. The van der Waals surface area contributed by atoms with Crippen molar-refractivity contribution in [2.24, 2.45) is 0 Å². The summed E-state index contributed by atoms with van der Waals surface area (Å²) in [6, 6.07) is 5.58. The van der Waals surface area contributed by atoms with Gasteiger partial charge in [-0.15, -0.1) is 11.6 Å². The van der Waals surface area contributed by atoms with E-state index in [0.717, 1.165) is 11.3 Å². The van der Waals surface area contributed by atoms with Gasteiger partial charge in [0, 0.05) is 24.0 Å². The van der Waals surface area contributed by atoms with E-state index < -0.39 is 0 Å². The van der Waals surface area contributed by atoms with Crippen LogP contribution in [0.25, 0.3) is 11.3 Å². The Balaban J connectivity index is 2.36. The van der Waals surface area contributed by atoms with Gasteiger partial charge in [0.1, 0.15) is 5.69 Å². The Bertz CT molecular complexity index is 386. The highest BCUT2D eigenvalue weighted by atomic mass is 35.5. The van der Waals surface area contributed by atoms with E-state index in [4.69, 9.17) is 16.1 Å². The summed E-state index contributed by atoms with van der Waals surface area (Å²) in [6.07, 6.45) is 3.45. The fourth-order valence-corrected chi connectivity index (χ4v) is 1.15. The van der Waals surface area contributed by atoms with Crippen LogP contribution in [0.2, 0.25) is 0 Å². The molecular weight excluding hydrogens is 188 g/mol. The quantitative estimate of drug-likeness (QED) is 0.690. The Kier molecular flexibility index (Phi) is 2.27. The third-order valence-electron chi connectivity index (χ3n) is 1.65. The molecule has 0 bridgehead atoms. The molecule has 0 atom stereocenters. The van der Waals surface area contributed by atoms with Gasteiger partial charge in [0.2, 0.25) is 0 Å². The summed E-state index contributed by atoms with van der Waals surface area (Å²) in [5.41, 5.74) is 1.70. The van der Waals surface area contributed by atoms with Crippen LogP contribution in [0, 0.1) is 0 Å². The summed E-state index contributed by atoms with van der Waals surface area (Å²) in [7, 11) is 0. The molecule has 66 valence electrons. The molecule has 0 unspecified atom stereocenters. The minimum absolute atomic E-state index is 0.341. The summed E-state index contributed by atoms with van der Waals surface area (Å²) in [5, 5.41) is 3.86. The molecular formula is C9H7ClN2O. The standard InChI is InChI=1S/C9H7ClN2O/c10-5-8-4-9(12-13-8)7-2-1-3-11-6-7/h1-4,6H,5H2. The number of halogens is 1. The van der Waals surface area contributed by atoms with Crippen LogP contribution in [0.4, 0.5) is 0 Å². The van der Waals surface area contributed by atoms with Gasteiger partial charge in [0.05, 0.1) is 5.88 Å². The van der Waals surface area contributed by atoms with Gasteiger partial charge in [-0.05, 0) is 12.1 Å². The minimum atomic E-state index is 0.341. The van der Waals surface area contributed by atoms with E-state index >= 15 is 0 Å². The highest BCUT2D eigenvalue weighted by Gasteiger charge is 2.04. The lowest BCUT2D eigenvalue weighted by atomic mass is 10.2. The fourth-order valence-electron chi connectivity index (χ4n) is 1.03. The van der Waals surface area contributed by atoms with E-state index in [2.05, 4.69) is 10.1 Å². The first kappa shape index (κ1) is 8.26. The number of rotatable bonds is 2. The number of aromatic nitrogens is 2. The van der Waals surface area contributed by atoms with Gasteiger partial charge in [0.15, 0.2) is 5.76 Å². The second kappa shape index (κ2) is 3.58. The maximum atomic E-state index is 5.58. The average molecular weight is 195 g/mol. The van der Waals surface area contributed by atoms with Gasteiger partial charge in [0.25, 0.3) is 0 Å². The highest BCUT2D eigenvalue weighted by molar-refractivity contribution is 6.16. The predicted octanol–water partition coefficient (Wildman–Crippen LogP) is 2.48. The van der Waals surface area contributed by atoms with Crippen molar-refractivity contribution < 1.29 is 4.52 Å². The molecule has 2 rings (SSSR count). The zero-order valence-electron chi connectivity index (χ0n) is 6.77. The first-order chi connectivity index (χ1) is 6.40. The fraction of sp³-hybridized carbons (Fsp3) is 0.111. The number of alkyl halides is 1. The van der Waals surface area contributed by atoms with E-state index in [9.17, 15) is 0 Å². The van der Waals surface area contributed by atoms with Crippen LogP contribution >= 0.6 is 11.6 Å². The molecule has 4 heteroatoms. The minimum Gasteiger partial charge on any atom is -0.359 e. The van der Waals surface area contributed by atoms with Crippen LogP contribution in [-0.4, -0.2) is 10.1 Å².